The standard InChI is InChI=1S/C33H39F3N4O2/c1-39(32(41)42-2)29-10-5-9-24(20-29)25-16-17-37-31(21-25)38-30-11-4-3-8-26(30)19-23-7-6-18-40(22-23)28-14-12-27(13-15-28)33(34,35)36/h5,9-10,12-17,20-21,23,26,30H,3-4,6-8,11,18-19,22H2,1-2H3,(H,37,38)/t23-,26+,30-/m1/s1. The highest BCUT2D eigenvalue weighted by molar-refractivity contribution is 5.88. The van der Waals surface area contributed by atoms with Crippen molar-refractivity contribution in [2.75, 3.05) is 42.4 Å². The molecular weight excluding hydrogens is 541 g/mol. The minimum atomic E-state index is -4.31. The number of hydrogen-bond donors (Lipinski definition) is 1. The molecule has 0 bridgehead atoms. The third-order valence-corrected chi connectivity index (χ3v) is 8.73. The third-order valence-electron chi connectivity index (χ3n) is 8.73. The molecule has 1 amide bonds. The molecule has 42 heavy (non-hydrogen) atoms. The van der Waals surface area contributed by atoms with Gasteiger partial charge in [0.25, 0.3) is 0 Å². The molecule has 2 fully saturated rings. The molecule has 3 atom stereocenters. The molecule has 224 valence electrons. The van der Waals surface area contributed by atoms with Crippen molar-refractivity contribution in [3.63, 3.8) is 0 Å². The molecule has 3 aromatic rings. The second kappa shape index (κ2) is 13.0. The van der Waals surface area contributed by atoms with Gasteiger partial charge in [-0.3, -0.25) is 4.90 Å². The van der Waals surface area contributed by atoms with Crippen molar-refractivity contribution >= 4 is 23.3 Å². The average molecular weight is 581 g/mol. The summed E-state index contributed by atoms with van der Waals surface area (Å²) in [6.07, 6.45) is 5.01. The summed E-state index contributed by atoms with van der Waals surface area (Å²) < 4.78 is 43.9. The van der Waals surface area contributed by atoms with Gasteiger partial charge < -0.3 is 15.0 Å². The minimum Gasteiger partial charge on any atom is -0.452 e. The van der Waals surface area contributed by atoms with Gasteiger partial charge in [0.05, 0.1) is 12.7 Å². The van der Waals surface area contributed by atoms with E-state index in [9.17, 15) is 18.0 Å². The van der Waals surface area contributed by atoms with Crippen LogP contribution in [-0.4, -0.2) is 44.4 Å². The Kier molecular flexibility index (Phi) is 9.24. The van der Waals surface area contributed by atoms with Gasteiger partial charge in [0.15, 0.2) is 0 Å². The Hall–Kier alpha value is -3.75. The number of ether oxygens (including phenoxy) is 1. The number of benzene rings is 2. The molecule has 9 heteroatoms. The fourth-order valence-electron chi connectivity index (χ4n) is 6.48. The molecule has 1 aliphatic carbocycles. The Balaban J connectivity index is 1.24. The van der Waals surface area contributed by atoms with E-state index in [1.54, 1.807) is 19.2 Å². The summed E-state index contributed by atoms with van der Waals surface area (Å²) in [7, 11) is 3.05. The number of anilines is 3. The van der Waals surface area contributed by atoms with Gasteiger partial charge in [-0.05, 0) is 104 Å². The molecule has 6 nitrogen and oxygen atoms in total. The predicted octanol–water partition coefficient (Wildman–Crippen LogP) is 8.25. The highest BCUT2D eigenvalue weighted by atomic mass is 19.4. The molecule has 1 saturated carbocycles. The highest BCUT2D eigenvalue weighted by Crippen LogP contribution is 2.36. The van der Waals surface area contributed by atoms with Gasteiger partial charge in [-0.15, -0.1) is 0 Å². The second-order valence-corrected chi connectivity index (χ2v) is 11.5. The average Bonchev–Trinajstić information content (AvgIpc) is 3.01. The van der Waals surface area contributed by atoms with Crippen LogP contribution < -0.4 is 15.1 Å². The SMILES string of the molecule is COC(=O)N(C)c1cccc(-c2ccnc(N[C@@H]3CCCC[C@H]3C[C@H]3CCCN(c4ccc(C(F)(F)F)cc4)C3)c2)c1. The largest absolute Gasteiger partial charge is 0.452 e. The maximum atomic E-state index is 13.0. The van der Waals surface area contributed by atoms with Crippen molar-refractivity contribution in [1.29, 1.82) is 0 Å². The summed E-state index contributed by atoms with van der Waals surface area (Å²) >= 11 is 0. The van der Waals surface area contributed by atoms with Crippen molar-refractivity contribution < 1.29 is 22.7 Å². The van der Waals surface area contributed by atoms with Crippen LogP contribution in [0.2, 0.25) is 0 Å². The number of halogens is 3. The van der Waals surface area contributed by atoms with E-state index >= 15 is 0 Å². The van der Waals surface area contributed by atoms with Crippen LogP contribution in [0.15, 0.2) is 66.9 Å². The van der Waals surface area contributed by atoms with E-state index in [1.165, 1.54) is 37.0 Å². The van der Waals surface area contributed by atoms with Crippen LogP contribution >= 0.6 is 0 Å². The Bertz CT molecular complexity index is 1350. The second-order valence-electron chi connectivity index (χ2n) is 11.5. The third kappa shape index (κ3) is 7.17. The highest BCUT2D eigenvalue weighted by Gasteiger charge is 2.32. The van der Waals surface area contributed by atoms with Crippen molar-refractivity contribution in [1.82, 2.24) is 4.98 Å². The summed E-state index contributed by atoms with van der Waals surface area (Å²) in [6.45, 7) is 1.75. The number of piperidine rings is 1. The number of aromatic nitrogens is 1. The number of nitrogens with zero attached hydrogens (tertiary/aromatic N) is 3. The summed E-state index contributed by atoms with van der Waals surface area (Å²) in [4.78, 5) is 20.3. The lowest BCUT2D eigenvalue weighted by Crippen LogP contribution is -2.39. The van der Waals surface area contributed by atoms with E-state index in [0.717, 1.165) is 73.5 Å². The zero-order valence-corrected chi connectivity index (χ0v) is 24.2. The van der Waals surface area contributed by atoms with E-state index in [-0.39, 0.29) is 0 Å². The topological polar surface area (TPSA) is 57.7 Å². The van der Waals surface area contributed by atoms with E-state index < -0.39 is 17.8 Å². The van der Waals surface area contributed by atoms with E-state index in [1.807, 2.05) is 36.5 Å². The van der Waals surface area contributed by atoms with Crippen LogP contribution in [0.5, 0.6) is 0 Å². The number of amides is 1. The first-order chi connectivity index (χ1) is 20.2. The summed E-state index contributed by atoms with van der Waals surface area (Å²) in [6, 6.07) is 17.7. The van der Waals surface area contributed by atoms with Crippen LogP contribution in [0.3, 0.4) is 0 Å². The molecule has 1 N–H and O–H groups in total. The van der Waals surface area contributed by atoms with Crippen LogP contribution in [0.25, 0.3) is 11.1 Å². The van der Waals surface area contributed by atoms with Gasteiger partial charge in [-0.2, -0.15) is 13.2 Å². The van der Waals surface area contributed by atoms with Crippen molar-refractivity contribution in [3.05, 3.63) is 72.4 Å². The number of methoxy groups -OCH3 is 1. The first-order valence-electron chi connectivity index (χ1n) is 14.8. The number of pyridine rings is 1. The number of alkyl halides is 3. The van der Waals surface area contributed by atoms with Crippen molar-refractivity contribution in [2.45, 2.75) is 57.2 Å². The van der Waals surface area contributed by atoms with E-state index in [4.69, 9.17) is 4.74 Å². The van der Waals surface area contributed by atoms with E-state index in [0.29, 0.717) is 17.9 Å². The number of carbonyl (C=O) groups is 1. The lowest BCUT2D eigenvalue weighted by Gasteiger charge is -2.39. The summed E-state index contributed by atoms with van der Waals surface area (Å²) in [5, 5.41) is 3.74. The fourth-order valence-corrected chi connectivity index (χ4v) is 6.48. The molecule has 2 aliphatic rings. The predicted molar refractivity (Wildman–Crippen MR) is 161 cm³/mol. The van der Waals surface area contributed by atoms with Crippen LogP contribution in [0.4, 0.5) is 35.2 Å². The first kappa shape index (κ1) is 29.7. The maximum Gasteiger partial charge on any atom is 0.416 e. The summed E-state index contributed by atoms with van der Waals surface area (Å²) in [5.41, 5.74) is 3.01. The Morgan fingerprint density at radius 2 is 1.79 bits per heavy atom. The molecule has 0 radical (unpaired) electrons. The molecule has 2 heterocycles. The lowest BCUT2D eigenvalue weighted by atomic mass is 9.77. The Morgan fingerprint density at radius 1 is 1.02 bits per heavy atom. The van der Waals surface area contributed by atoms with Crippen molar-refractivity contribution in [3.8, 4) is 11.1 Å². The van der Waals surface area contributed by atoms with Crippen LogP contribution in [0, 0.1) is 11.8 Å². The number of rotatable bonds is 7. The van der Waals surface area contributed by atoms with Crippen LogP contribution in [0.1, 0.15) is 50.5 Å². The summed E-state index contributed by atoms with van der Waals surface area (Å²) in [5.74, 6) is 1.85. The Labute approximate surface area is 245 Å². The van der Waals surface area contributed by atoms with Gasteiger partial charge in [0.1, 0.15) is 5.82 Å². The molecular formula is C33H39F3N4O2. The minimum absolute atomic E-state index is 0.319. The molecule has 1 aromatic heterocycles. The van der Waals surface area contributed by atoms with Gasteiger partial charge in [0, 0.05) is 43.8 Å². The van der Waals surface area contributed by atoms with E-state index in [2.05, 4.69) is 21.3 Å². The van der Waals surface area contributed by atoms with Gasteiger partial charge in [0.2, 0.25) is 0 Å². The molecule has 5 rings (SSSR count). The lowest BCUT2D eigenvalue weighted by molar-refractivity contribution is -0.137. The smallest absolute Gasteiger partial charge is 0.416 e. The fraction of sp³-hybridized carbons (Fsp3) is 0.455. The zero-order chi connectivity index (χ0) is 29.7. The number of hydrogen-bond acceptors (Lipinski definition) is 5. The normalized spacial score (nSPS) is 21.1. The zero-order valence-electron chi connectivity index (χ0n) is 24.2. The molecule has 2 aromatic carbocycles. The van der Waals surface area contributed by atoms with Crippen LogP contribution in [-0.2, 0) is 10.9 Å². The first-order valence-corrected chi connectivity index (χ1v) is 14.8. The van der Waals surface area contributed by atoms with Gasteiger partial charge in [-0.25, -0.2) is 9.78 Å². The molecule has 1 aliphatic heterocycles. The van der Waals surface area contributed by atoms with Gasteiger partial charge >= 0.3 is 12.3 Å². The maximum absolute atomic E-state index is 13.0. The monoisotopic (exact) mass is 580 g/mol. The van der Waals surface area contributed by atoms with Gasteiger partial charge in [-0.1, -0.05) is 25.0 Å². The van der Waals surface area contributed by atoms with Crippen molar-refractivity contribution in [2.24, 2.45) is 11.8 Å². The molecule has 0 unspecified atom stereocenters. The number of nitrogens with one attached hydrogen (secondary N) is 1. The number of carbonyl (C=O) groups excluding carboxylic acids is 1. The Morgan fingerprint density at radius 3 is 2.55 bits per heavy atom. The molecule has 0 spiro atoms. The quantitative estimate of drug-likeness (QED) is 0.305. The molecule has 1 saturated heterocycles.